The molecule has 1 saturated heterocycles. The van der Waals surface area contributed by atoms with Crippen LogP contribution in [0.2, 0.25) is 0 Å². The van der Waals surface area contributed by atoms with Crippen LogP contribution in [0.5, 0.6) is 0 Å². The first-order chi connectivity index (χ1) is 8.12. The van der Waals surface area contributed by atoms with Crippen LogP contribution in [0.1, 0.15) is 19.8 Å². The lowest BCUT2D eigenvalue weighted by Crippen LogP contribution is -2.56. The van der Waals surface area contributed by atoms with Gasteiger partial charge >= 0.3 is 0 Å². The Balaban J connectivity index is 1.96. The maximum Gasteiger partial charge on any atom is 0.148 e. The lowest BCUT2D eigenvalue weighted by molar-refractivity contribution is 0.354. The van der Waals surface area contributed by atoms with E-state index in [2.05, 4.69) is 17.6 Å². The van der Waals surface area contributed by atoms with Gasteiger partial charge in [-0.15, -0.1) is 0 Å². The minimum atomic E-state index is -0.151. The van der Waals surface area contributed by atoms with Crippen LogP contribution >= 0.6 is 0 Å². The van der Waals surface area contributed by atoms with Crippen molar-refractivity contribution >= 4 is 11.4 Å². The number of benzene rings is 1. The Hall–Kier alpha value is -1.29. The molecule has 0 aliphatic carbocycles. The van der Waals surface area contributed by atoms with E-state index in [-0.39, 0.29) is 17.5 Å². The van der Waals surface area contributed by atoms with E-state index in [0.29, 0.717) is 5.69 Å². The molecular weight excluding hydrogens is 217 g/mol. The third-order valence-electron chi connectivity index (χ3n) is 4.02. The second-order valence-corrected chi connectivity index (χ2v) is 5.24. The molecule has 1 unspecified atom stereocenters. The van der Waals surface area contributed by atoms with Crippen LogP contribution < -0.4 is 15.5 Å². The van der Waals surface area contributed by atoms with Crippen molar-refractivity contribution in [2.45, 2.75) is 31.5 Å². The van der Waals surface area contributed by atoms with E-state index in [1.807, 2.05) is 18.0 Å². The van der Waals surface area contributed by atoms with Gasteiger partial charge in [-0.05, 0) is 38.4 Å². The number of para-hydroxylation sites is 1. The monoisotopic (exact) mass is 235 g/mol. The van der Waals surface area contributed by atoms with Crippen molar-refractivity contribution in [3.05, 3.63) is 24.0 Å². The molecule has 2 heterocycles. The van der Waals surface area contributed by atoms with E-state index < -0.39 is 0 Å². The molecule has 0 aromatic heterocycles. The molecule has 3 nitrogen and oxygen atoms in total. The Bertz CT molecular complexity index is 440. The van der Waals surface area contributed by atoms with E-state index >= 15 is 0 Å². The molecular formula is C13H18FN3. The molecule has 2 aliphatic heterocycles. The topological polar surface area (TPSA) is 27.3 Å². The smallest absolute Gasteiger partial charge is 0.148 e. The lowest BCUT2D eigenvalue weighted by Gasteiger charge is -2.37. The molecule has 2 N–H and O–H groups in total. The molecule has 4 heteroatoms. The Morgan fingerprint density at radius 3 is 2.94 bits per heavy atom. The zero-order valence-corrected chi connectivity index (χ0v) is 10.3. The highest BCUT2D eigenvalue weighted by Gasteiger charge is 2.43. The Morgan fingerprint density at radius 1 is 1.47 bits per heavy atom. The summed E-state index contributed by atoms with van der Waals surface area (Å²) in [6.45, 7) is 3.25. The van der Waals surface area contributed by atoms with Crippen molar-refractivity contribution in [3.8, 4) is 0 Å². The van der Waals surface area contributed by atoms with Crippen LogP contribution in [-0.2, 0) is 0 Å². The quantitative estimate of drug-likeness (QED) is 0.781. The van der Waals surface area contributed by atoms with Gasteiger partial charge in [0, 0.05) is 7.05 Å². The van der Waals surface area contributed by atoms with E-state index in [1.54, 1.807) is 6.07 Å². The molecule has 0 amide bonds. The Morgan fingerprint density at radius 2 is 2.29 bits per heavy atom. The molecule has 0 radical (unpaired) electrons. The van der Waals surface area contributed by atoms with Gasteiger partial charge in [0.05, 0.1) is 16.9 Å². The van der Waals surface area contributed by atoms with E-state index in [4.69, 9.17) is 0 Å². The van der Waals surface area contributed by atoms with Crippen LogP contribution in [0.15, 0.2) is 18.2 Å². The van der Waals surface area contributed by atoms with Gasteiger partial charge in [0.25, 0.3) is 0 Å². The summed E-state index contributed by atoms with van der Waals surface area (Å²) in [7, 11) is 1.96. The minimum Gasteiger partial charge on any atom is -0.362 e. The number of nitrogens with one attached hydrogen (secondary N) is 2. The lowest BCUT2D eigenvalue weighted by atomic mass is 9.96. The molecule has 2 atom stereocenters. The summed E-state index contributed by atoms with van der Waals surface area (Å²) in [4.78, 5) is 2.02. The fourth-order valence-corrected chi connectivity index (χ4v) is 3.10. The van der Waals surface area contributed by atoms with Crippen molar-refractivity contribution in [1.82, 2.24) is 5.32 Å². The number of anilines is 2. The van der Waals surface area contributed by atoms with Gasteiger partial charge in [0.2, 0.25) is 0 Å². The summed E-state index contributed by atoms with van der Waals surface area (Å²) >= 11 is 0. The summed E-state index contributed by atoms with van der Waals surface area (Å²) in [5.74, 6) is -0.151. The molecule has 1 fully saturated rings. The standard InChI is InChI=1S/C13H18FN3/c1-13(7-4-8-15-13)12-16-10-6-3-5-9(14)11(10)17(12)2/h3,5-6,12,15-16H,4,7-8H2,1-2H3/t12?,13-/m1/s1. The molecule has 92 valence electrons. The summed E-state index contributed by atoms with van der Waals surface area (Å²) in [6, 6.07) is 5.21. The Labute approximate surface area is 101 Å². The van der Waals surface area contributed by atoms with Gasteiger partial charge in [0.15, 0.2) is 0 Å². The first kappa shape index (κ1) is 10.8. The second kappa shape index (κ2) is 3.60. The van der Waals surface area contributed by atoms with Crippen LogP contribution in [0.4, 0.5) is 15.8 Å². The van der Waals surface area contributed by atoms with Gasteiger partial charge in [-0.2, -0.15) is 0 Å². The second-order valence-electron chi connectivity index (χ2n) is 5.24. The fraction of sp³-hybridized carbons (Fsp3) is 0.538. The predicted molar refractivity (Wildman–Crippen MR) is 67.9 cm³/mol. The first-order valence-corrected chi connectivity index (χ1v) is 6.15. The third-order valence-corrected chi connectivity index (χ3v) is 4.02. The molecule has 0 bridgehead atoms. The van der Waals surface area contributed by atoms with Crippen molar-refractivity contribution in [2.24, 2.45) is 0 Å². The number of likely N-dealkylation sites (N-methyl/N-ethyl adjacent to an activating group) is 1. The van der Waals surface area contributed by atoms with Crippen LogP contribution in [0, 0.1) is 5.82 Å². The molecule has 3 rings (SSSR count). The van der Waals surface area contributed by atoms with Crippen LogP contribution in [0.25, 0.3) is 0 Å². The third kappa shape index (κ3) is 1.51. The summed E-state index contributed by atoms with van der Waals surface area (Å²) in [5.41, 5.74) is 1.60. The van der Waals surface area contributed by atoms with Gasteiger partial charge in [0.1, 0.15) is 12.0 Å². The average Bonchev–Trinajstić information content (AvgIpc) is 2.86. The van der Waals surface area contributed by atoms with E-state index in [0.717, 1.165) is 18.7 Å². The number of hydrogen-bond acceptors (Lipinski definition) is 3. The van der Waals surface area contributed by atoms with Crippen LogP contribution in [0.3, 0.4) is 0 Å². The van der Waals surface area contributed by atoms with E-state index in [1.165, 1.54) is 12.5 Å². The minimum absolute atomic E-state index is 0.0141. The first-order valence-electron chi connectivity index (χ1n) is 6.15. The normalized spacial score (nSPS) is 31.5. The summed E-state index contributed by atoms with van der Waals surface area (Å²) in [6.07, 6.45) is 2.42. The molecule has 0 spiro atoms. The molecule has 0 saturated carbocycles. The molecule has 2 aliphatic rings. The summed E-state index contributed by atoms with van der Waals surface area (Å²) < 4.78 is 13.8. The predicted octanol–water partition coefficient (Wildman–Crippen LogP) is 2.16. The SMILES string of the molecule is CN1c2c(F)cccc2NC1[C@@]1(C)CCCN1. The van der Waals surface area contributed by atoms with Crippen molar-refractivity contribution in [3.63, 3.8) is 0 Å². The maximum atomic E-state index is 13.8. The maximum absolute atomic E-state index is 13.8. The number of hydrogen-bond donors (Lipinski definition) is 2. The average molecular weight is 235 g/mol. The summed E-state index contributed by atoms with van der Waals surface area (Å²) in [5, 5.41) is 6.96. The number of rotatable bonds is 1. The fourth-order valence-electron chi connectivity index (χ4n) is 3.10. The molecule has 1 aromatic carbocycles. The molecule has 17 heavy (non-hydrogen) atoms. The molecule has 1 aromatic rings. The zero-order valence-electron chi connectivity index (χ0n) is 10.3. The largest absolute Gasteiger partial charge is 0.362 e. The highest BCUT2D eigenvalue weighted by molar-refractivity contribution is 5.76. The zero-order chi connectivity index (χ0) is 12.0. The number of nitrogens with zero attached hydrogens (tertiary/aromatic N) is 1. The van der Waals surface area contributed by atoms with E-state index in [9.17, 15) is 4.39 Å². The van der Waals surface area contributed by atoms with Gasteiger partial charge in [-0.3, -0.25) is 0 Å². The van der Waals surface area contributed by atoms with Crippen molar-refractivity contribution < 1.29 is 4.39 Å². The van der Waals surface area contributed by atoms with Gasteiger partial charge < -0.3 is 15.5 Å². The Kier molecular flexibility index (Phi) is 2.30. The van der Waals surface area contributed by atoms with Gasteiger partial charge in [-0.1, -0.05) is 6.07 Å². The van der Waals surface area contributed by atoms with Gasteiger partial charge in [-0.25, -0.2) is 4.39 Å². The van der Waals surface area contributed by atoms with Crippen LogP contribution in [-0.4, -0.2) is 25.3 Å². The highest BCUT2D eigenvalue weighted by Crippen LogP contribution is 2.40. The number of fused-ring (bicyclic) bond motifs is 1. The van der Waals surface area contributed by atoms with Crippen molar-refractivity contribution in [2.75, 3.05) is 23.8 Å². The number of halogens is 1. The van der Waals surface area contributed by atoms with Crippen molar-refractivity contribution in [1.29, 1.82) is 0 Å². The highest BCUT2D eigenvalue weighted by atomic mass is 19.1.